The molecular weight excluding hydrogens is 415 g/mol. The van der Waals surface area contributed by atoms with Gasteiger partial charge < -0.3 is 10.1 Å². The predicted molar refractivity (Wildman–Crippen MR) is 104 cm³/mol. The van der Waals surface area contributed by atoms with Crippen molar-refractivity contribution in [1.82, 2.24) is 15.5 Å². The minimum Gasteiger partial charge on any atom is -0.497 e. The number of amides is 4. The number of nitrogens with zero attached hydrogens (tertiary/aromatic N) is 1. The minimum absolute atomic E-state index is 0.179. The van der Waals surface area contributed by atoms with Gasteiger partial charge in [0.1, 0.15) is 5.75 Å². The third-order valence-corrected chi connectivity index (χ3v) is 4.84. The van der Waals surface area contributed by atoms with Crippen LogP contribution in [0, 0.1) is 0 Å². The highest BCUT2D eigenvalue weighted by atomic mass is 19.4. The smallest absolute Gasteiger partial charge is 0.440 e. The van der Waals surface area contributed by atoms with E-state index >= 15 is 0 Å². The Balaban J connectivity index is 1.76. The van der Waals surface area contributed by atoms with Crippen LogP contribution >= 0.6 is 0 Å². The number of imide groups is 1. The maximum absolute atomic E-state index is 13.9. The molecule has 0 radical (unpaired) electrons. The number of halogens is 3. The van der Waals surface area contributed by atoms with Gasteiger partial charge in [0, 0.05) is 6.42 Å². The molecule has 0 aliphatic carbocycles. The summed E-state index contributed by atoms with van der Waals surface area (Å²) in [5.74, 6) is -2.09. The molecule has 1 aliphatic rings. The highest BCUT2D eigenvalue weighted by Gasteiger charge is 2.68. The van der Waals surface area contributed by atoms with Crippen LogP contribution < -0.4 is 15.4 Å². The SMILES string of the molecule is COc1ccc(CN2C(=O)N[C@@](NC(=O)CCc3ccccc3)(C(F)(F)F)C2=O)cc1. The zero-order chi connectivity index (χ0) is 22.6. The Morgan fingerprint density at radius 3 is 2.29 bits per heavy atom. The fourth-order valence-corrected chi connectivity index (χ4v) is 3.16. The zero-order valence-corrected chi connectivity index (χ0v) is 16.5. The Hall–Kier alpha value is -3.56. The lowest BCUT2D eigenvalue weighted by molar-refractivity contribution is -0.204. The Morgan fingerprint density at radius 1 is 1.06 bits per heavy atom. The molecule has 31 heavy (non-hydrogen) atoms. The number of nitrogens with one attached hydrogen (secondary N) is 2. The maximum Gasteiger partial charge on any atom is 0.440 e. The van der Waals surface area contributed by atoms with Crippen LogP contribution in [0.4, 0.5) is 18.0 Å². The Bertz CT molecular complexity index is 964. The van der Waals surface area contributed by atoms with Crippen LogP contribution in [0.5, 0.6) is 5.75 Å². The van der Waals surface area contributed by atoms with Crippen molar-refractivity contribution < 1.29 is 32.3 Å². The van der Waals surface area contributed by atoms with Gasteiger partial charge in [0.25, 0.3) is 11.6 Å². The molecule has 1 fully saturated rings. The van der Waals surface area contributed by atoms with Gasteiger partial charge in [-0.25, -0.2) is 4.79 Å². The van der Waals surface area contributed by atoms with Crippen LogP contribution in [0.2, 0.25) is 0 Å². The topological polar surface area (TPSA) is 87.7 Å². The Morgan fingerprint density at radius 2 is 1.71 bits per heavy atom. The summed E-state index contributed by atoms with van der Waals surface area (Å²) in [6.45, 7) is -0.396. The number of carbonyl (C=O) groups excluding carboxylic acids is 3. The van der Waals surface area contributed by atoms with Crippen molar-refractivity contribution >= 4 is 17.8 Å². The number of hydrogen-bond donors (Lipinski definition) is 2. The largest absolute Gasteiger partial charge is 0.497 e. The summed E-state index contributed by atoms with van der Waals surface area (Å²) in [5.41, 5.74) is -2.34. The fraction of sp³-hybridized carbons (Fsp3) is 0.286. The first kappa shape index (κ1) is 22.1. The zero-order valence-electron chi connectivity index (χ0n) is 16.5. The number of methoxy groups -OCH3 is 1. The van der Waals surface area contributed by atoms with E-state index in [1.165, 1.54) is 19.2 Å². The molecule has 2 N–H and O–H groups in total. The monoisotopic (exact) mass is 435 g/mol. The molecule has 1 heterocycles. The van der Waals surface area contributed by atoms with Gasteiger partial charge in [0.2, 0.25) is 5.91 Å². The van der Waals surface area contributed by atoms with Crippen molar-refractivity contribution in [1.29, 1.82) is 0 Å². The molecule has 10 heteroatoms. The van der Waals surface area contributed by atoms with Crippen LogP contribution in [0.15, 0.2) is 54.6 Å². The summed E-state index contributed by atoms with van der Waals surface area (Å²) in [6.07, 6.45) is -5.35. The van der Waals surface area contributed by atoms with E-state index in [-0.39, 0.29) is 12.8 Å². The van der Waals surface area contributed by atoms with Crippen molar-refractivity contribution in [3.8, 4) is 5.75 Å². The van der Waals surface area contributed by atoms with Crippen molar-refractivity contribution in [2.45, 2.75) is 31.2 Å². The van der Waals surface area contributed by atoms with Gasteiger partial charge in [-0.2, -0.15) is 13.2 Å². The van der Waals surface area contributed by atoms with Gasteiger partial charge in [-0.3, -0.25) is 19.8 Å². The van der Waals surface area contributed by atoms with Crippen molar-refractivity contribution in [3.05, 3.63) is 65.7 Å². The molecule has 1 aliphatic heterocycles. The van der Waals surface area contributed by atoms with E-state index in [1.807, 2.05) is 0 Å². The predicted octanol–water partition coefficient (Wildman–Crippen LogP) is 2.75. The van der Waals surface area contributed by atoms with E-state index in [2.05, 4.69) is 0 Å². The second-order valence-electron chi connectivity index (χ2n) is 6.95. The molecule has 2 aromatic carbocycles. The van der Waals surface area contributed by atoms with Crippen LogP contribution in [-0.4, -0.2) is 41.7 Å². The molecule has 1 atom stereocenters. The average Bonchev–Trinajstić information content (AvgIpc) is 2.98. The molecule has 0 spiro atoms. The molecule has 164 valence electrons. The lowest BCUT2D eigenvalue weighted by Gasteiger charge is -2.30. The van der Waals surface area contributed by atoms with Crippen LogP contribution in [0.3, 0.4) is 0 Å². The quantitative estimate of drug-likeness (QED) is 0.655. The number of carbonyl (C=O) groups is 3. The van der Waals surface area contributed by atoms with Crippen molar-refractivity contribution in [2.24, 2.45) is 0 Å². The highest BCUT2D eigenvalue weighted by Crippen LogP contribution is 2.34. The highest BCUT2D eigenvalue weighted by molar-refractivity contribution is 6.08. The van der Waals surface area contributed by atoms with Gasteiger partial charge in [-0.1, -0.05) is 42.5 Å². The second kappa shape index (κ2) is 8.66. The summed E-state index contributed by atoms with van der Waals surface area (Å²) < 4.78 is 46.6. The van der Waals surface area contributed by atoms with E-state index in [0.29, 0.717) is 16.2 Å². The number of alkyl halides is 3. The second-order valence-corrected chi connectivity index (χ2v) is 6.95. The molecule has 0 unspecified atom stereocenters. The normalized spacial score (nSPS) is 18.6. The molecule has 0 aromatic heterocycles. The summed E-state index contributed by atoms with van der Waals surface area (Å²) in [5, 5.41) is 3.34. The van der Waals surface area contributed by atoms with Crippen molar-refractivity contribution in [2.75, 3.05) is 7.11 Å². The van der Waals surface area contributed by atoms with Gasteiger partial charge in [-0.15, -0.1) is 0 Å². The lowest BCUT2D eigenvalue weighted by Crippen LogP contribution is -2.69. The van der Waals surface area contributed by atoms with Gasteiger partial charge in [-0.05, 0) is 29.7 Å². The summed E-state index contributed by atoms with van der Waals surface area (Å²) in [7, 11) is 1.45. The number of ether oxygens (including phenoxy) is 1. The number of rotatable bonds is 7. The number of urea groups is 1. The summed E-state index contributed by atoms with van der Waals surface area (Å²) >= 11 is 0. The first-order valence-electron chi connectivity index (χ1n) is 9.35. The van der Waals surface area contributed by atoms with Gasteiger partial charge >= 0.3 is 12.2 Å². The van der Waals surface area contributed by atoms with Gasteiger partial charge in [0.05, 0.1) is 13.7 Å². The first-order valence-corrected chi connectivity index (χ1v) is 9.35. The van der Waals surface area contributed by atoms with Crippen LogP contribution in [0.1, 0.15) is 17.5 Å². The van der Waals surface area contributed by atoms with Gasteiger partial charge in [0.15, 0.2) is 0 Å². The first-order chi connectivity index (χ1) is 14.7. The minimum atomic E-state index is -5.24. The molecule has 3 rings (SSSR count). The number of hydrogen-bond acceptors (Lipinski definition) is 4. The van der Waals surface area contributed by atoms with Crippen LogP contribution in [0.25, 0.3) is 0 Å². The van der Waals surface area contributed by atoms with E-state index in [4.69, 9.17) is 4.74 Å². The third kappa shape index (κ3) is 4.62. The summed E-state index contributed by atoms with van der Waals surface area (Å²) in [6, 6.07) is 13.6. The van der Waals surface area contributed by atoms with E-state index < -0.39 is 36.2 Å². The molecular formula is C21H20F3N3O4. The molecule has 0 saturated carbocycles. The van der Waals surface area contributed by atoms with E-state index in [0.717, 1.165) is 5.56 Å². The Kier molecular flexibility index (Phi) is 6.19. The molecule has 0 bridgehead atoms. The lowest BCUT2D eigenvalue weighted by atomic mass is 10.1. The standard InChI is InChI=1S/C21H20F3N3O4/c1-31-16-10-7-15(8-11-16)13-27-18(29)20(21(22,23)24,26-19(27)30)25-17(28)12-9-14-5-3-2-4-6-14/h2-8,10-11H,9,12-13H2,1H3,(H,25,28)(H,26,30)/t20-/m1/s1. The number of benzene rings is 2. The molecule has 7 nitrogen and oxygen atoms in total. The maximum atomic E-state index is 13.9. The summed E-state index contributed by atoms with van der Waals surface area (Å²) in [4.78, 5) is 37.6. The molecule has 2 aromatic rings. The fourth-order valence-electron chi connectivity index (χ4n) is 3.16. The van der Waals surface area contributed by atoms with E-state index in [1.54, 1.807) is 53.1 Å². The molecule has 1 saturated heterocycles. The van der Waals surface area contributed by atoms with Crippen LogP contribution in [-0.2, 0) is 22.6 Å². The Labute approximate surface area is 176 Å². The van der Waals surface area contributed by atoms with E-state index in [9.17, 15) is 27.6 Å². The average molecular weight is 435 g/mol. The number of aryl methyl sites for hydroxylation is 1. The molecule has 4 amide bonds. The van der Waals surface area contributed by atoms with Crippen molar-refractivity contribution in [3.63, 3.8) is 0 Å². The third-order valence-electron chi connectivity index (χ3n) is 4.84.